The number of hydrogen-bond donors (Lipinski definition) is 1. The quantitative estimate of drug-likeness (QED) is 0.841. The fourth-order valence-electron chi connectivity index (χ4n) is 3.18. The number of nitrogens with zero attached hydrogens (tertiary/aromatic N) is 2. The molecule has 120 valence electrons. The van der Waals surface area contributed by atoms with E-state index in [2.05, 4.69) is 35.9 Å². The fraction of sp³-hybridized carbons (Fsp3) is 0.812. The molecule has 0 bridgehead atoms. The summed E-state index contributed by atoms with van der Waals surface area (Å²) in [6.07, 6.45) is 4.14. The van der Waals surface area contributed by atoms with Crippen molar-refractivity contribution in [1.29, 1.82) is 0 Å². The van der Waals surface area contributed by atoms with Crippen LogP contribution in [0.25, 0.3) is 0 Å². The Bertz CT molecular complexity index is 453. The van der Waals surface area contributed by atoms with Crippen molar-refractivity contribution >= 4 is 11.6 Å². The lowest BCUT2D eigenvalue weighted by atomic mass is 9.78. The van der Waals surface area contributed by atoms with E-state index in [1.54, 1.807) is 0 Å². The number of nitrogens with one attached hydrogen (secondary N) is 1. The van der Waals surface area contributed by atoms with Gasteiger partial charge in [-0.15, -0.1) is 0 Å². The van der Waals surface area contributed by atoms with E-state index in [4.69, 9.17) is 16.3 Å². The van der Waals surface area contributed by atoms with Crippen molar-refractivity contribution in [2.45, 2.75) is 53.0 Å². The topological polar surface area (TPSA) is 39.1 Å². The molecule has 1 fully saturated rings. The Balaban J connectivity index is 2.25. The Hall–Kier alpha value is -0.580. The monoisotopic (exact) mass is 313 g/mol. The second-order valence-corrected chi connectivity index (χ2v) is 6.37. The summed E-state index contributed by atoms with van der Waals surface area (Å²) >= 11 is 6.58. The third kappa shape index (κ3) is 3.79. The zero-order chi connectivity index (χ0) is 15.3. The first-order valence-corrected chi connectivity index (χ1v) is 8.56. The SMILES string of the molecule is CCNCC1(Cc2c(Cl)c(CC)nn2CC)CCCOC1. The van der Waals surface area contributed by atoms with Crippen LogP contribution in [0.2, 0.25) is 5.02 Å². The minimum Gasteiger partial charge on any atom is -0.381 e. The van der Waals surface area contributed by atoms with Gasteiger partial charge in [-0.25, -0.2) is 0 Å². The van der Waals surface area contributed by atoms with Crippen molar-refractivity contribution < 1.29 is 4.74 Å². The maximum Gasteiger partial charge on any atom is 0.0850 e. The van der Waals surface area contributed by atoms with E-state index in [9.17, 15) is 0 Å². The highest BCUT2D eigenvalue weighted by molar-refractivity contribution is 6.31. The highest BCUT2D eigenvalue weighted by atomic mass is 35.5. The number of aromatic nitrogens is 2. The molecule has 0 amide bonds. The third-order valence-electron chi connectivity index (χ3n) is 4.39. The molecule has 0 radical (unpaired) electrons. The summed E-state index contributed by atoms with van der Waals surface area (Å²) in [5.74, 6) is 0. The first-order chi connectivity index (χ1) is 10.2. The van der Waals surface area contributed by atoms with Crippen molar-refractivity contribution in [3.05, 3.63) is 16.4 Å². The number of halogens is 1. The van der Waals surface area contributed by atoms with Gasteiger partial charge in [0.25, 0.3) is 0 Å². The minimum atomic E-state index is 0.149. The van der Waals surface area contributed by atoms with E-state index in [-0.39, 0.29) is 5.41 Å². The Kier molecular flexibility index (Phi) is 6.08. The summed E-state index contributed by atoms with van der Waals surface area (Å²) in [6.45, 7) is 10.9. The molecule has 1 aliphatic heterocycles. The summed E-state index contributed by atoms with van der Waals surface area (Å²) < 4.78 is 7.86. The van der Waals surface area contributed by atoms with Gasteiger partial charge < -0.3 is 10.1 Å². The molecule has 1 aliphatic rings. The molecule has 4 nitrogen and oxygen atoms in total. The Morgan fingerprint density at radius 2 is 2.19 bits per heavy atom. The molecule has 1 saturated heterocycles. The highest BCUT2D eigenvalue weighted by Gasteiger charge is 2.35. The van der Waals surface area contributed by atoms with Crippen molar-refractivity contribution in [2.75, 3.05) is 26.3 Å². The van der Waals surface area contributed by atoms with Gasteiger partial charge in [0.1, 0.15) is 0 Å². The lowest BCUT2D eigenvalue weighted by molar-refractivity contribution is -0.00787. The summed E-state index contributed by atoms with van der Waals surface area (Å²) in [7, 11) is 0. The predicted molar refractivity (Wildman–Crippen MR) is 87.0 cm³/mol. The van der Waals surface area contributed by atoms with Gasteiger partial charge >= 0.3 is 0 Å². The van der Waals surface area contributed by atoms with Crippen LogP contribution in [0.4, 0.5) is 0 Å². The van der Waals surface area contributed by atoms with Gasteiger partial charge in [-0.3, -0.25) is 4.68 Å². The molecule has 1 unspecified atom stereocenters. The largest absolute Gasteiger partial charge is 0.381 e. The lowest BCUT2D eigenvalue weighted by Gasteiger charge is -2.37. The van der Waals surface area contributed by atoms with Gasteiger partial charge in [0.15, 0.2) is 0 Å². The molecule has 1 N–H and O–H groups in total. The molecular weight excluding hydrogens is 286 g/mol. The van der Waals surface area contributed by atoms with Gasteiger partial charge in [-0.1, -0.05) is 25.4 Å². The van der Waals surface area contributed by atoms with Gasteiger partial charge in [0.2, 0.25) is 0 Å². The van der Waals surface area contributed by atoms with E-state index in [0.717, 1.165) is 62.8 Å². The minimum absolute atomic E-state index is 0.149. The van der Waals surface area contributed by atoms with E-state index in [1.165, 1.54) is 12.1 Å². The first kappa shape index (κ1) is 16.8. The number of ether oxygens (including phenoxy) is 1. The summed E-state index contributed by atoms with van der Waals surface area (Å²) in [5.41, 5.74) is 2.35. The van der Waals surface area contributed by atoms with E-state index in [0.29, 0.717) is 0 Å². The maximum absolute atomic E-state index is 6.58. The lowest BCUT2D eigenvalue weighted by Crippen LogP contribution is -2.43. The van der Waals surface area contributed by atoms with Crippen LogP contribution in [0.1, 0.15) is 45.0 Å². The third-order valence-corrected chi connectivity index (χ3v) is 4.83. The van der Waals surface area contributed by atoms with Crippen LogP contribution >= 0.6 is 11.6 Å². The van der Waals surface area contributed by atoms with Crippen molar-refractivity contribution in [1.82, 2.24) is 15.1 Å². The van der Waals surface area contributed by atoms with E-state index < -0.39 is 0 Å². The van der Waals surface area contributed by atoms with Gasteiger partial charge in [0, 0.05) is 25.1 Å². The Morgan fingerprint density at radius 3 is 2.76 bits per heavy atom. The van der Waals surface area contributed by atoms with Crippen LogP contribution in [0, 0.1) is 5.41 Å². The number of rotatable bonds is 7. The van der Waals surface area contributed by atoms with Gasteiger partial charge in [-0.2, -0.15) is 5.10 Å². The number of hydrogen-bond acceptors (Lipinski definition) is 3. The smallest absolute Gasteiger partial charge is 0.0850 e. The normalized spacial score (nSPS) is 22.7. The highest BCUT2D eigenvalue weighted by Crippen LogP contribution is 2.35. The summed E-state index contributed by atoms with van der Waals surface area (Å²) in [4.78, 5) is 0. The van der Waals surface area contributed by atoms with Gasteiger partial charge in [-0.05, 0) is 39.2 Å². The Labute approximate surface area is 133 Å². The molecule has 21 heavy (non-hydrogen) atoms. The van der Waals surface area contributed by atoms with Crippen LogP contribution in [0.3, 0.4) is 0 Å². The molecule has 1 aromatic heterocycles. The molecular formula is C16H28ClN3O. The van der Waals surface area contributed by atoms with Crippen LogP contribution < -0.4 is 5.32 Å². The average molecular weight is 314 g/mol. The second kappa shape index (κ2) is 7.61. The van der Waals surface area contributed by atoms with Crippen LogP contribution in [-0.2, 0) is 24.1 Å². The van der Waals surface area contributed by atoms with Crippen LogP contribution in [0.5, 0.6) is 0 Å². The maximum atomic E-state index is 6.58. The fourth-order valence-corrected chi connectivity index (χ4v) is 3.52. The number of aryl methyl sites for hydroxylation is 2. The second-order valence-electron chi connectivity index (χ2n) is 5.99. The van der Waals surface area contributed by atoms with Gasteiger partial charge in [0.05, 0.1) is 23.0 Å². The molecule has 1 atom stereocenters. The first-order valence-electron chi connectivity index (χ1n) is 8.18. The molecule has 1 aromatic rings. The van der Waals surface area contributed by atoms with E-state index in [1.807, 2.05) is 0 Å². The molecule has 0 saturated carbocycles. The van der Waals surface area contributed by atoms with Crippen LogP contribution in [-0.4, -0.2) is 36.1 Å². The van der Waals surface area contributed by atoms with E-state index >= 15 is 0 Å². The van der Waals surface area contributed by atoms with Crippen LogP contribution in [0.15, 0.2) is 0 Å². The standard InChI is InChI=1S/C16H28ClN3O/c1-4-13-15(17)14(20(6-3)19-13)10-16(11-18-5-2)8-7-9-21-12-16/h18H,4-12H2,1-3H3. The molecule has 5 heteroatoms. The molecule has 0 spiro atoms. The molecule has 0 aliphatic carbocycles. The summed E-state index contributed by atoms with van der Waals surface area (Å²) in [5, 5.41) is 9.01. The average Bonchev–Trinajstić information content (AvgIpc) is 2.82. The molecule has 2 rings (SSSR count). The zero-order valence-corrected chi connectivity index (χ0v) is 14.3. The molecule has 0 aromatic carbocycles. The Morgan fingerprint density at radius 1 is 1.38 bits per heavy atom. The predicted octanol–water partition coefficient (Wildman–Crippen LogP) is 3.07. The molecule has 2 heterocycles. The van der Waals surface area contributed by atoms with Crippen molar-refractivity contribution in [2.24, 2.45) is 5.41 Å². The van der Waals surface area contributed by atoms with Crippen molar-refractivity contribution in [3.63, 3.8) is 0 Å². The summed E-state index contributed by atoms with van der Waals surface area (Å²) in [6, 6.07) is 0. The zero-order valence-electron chi connectivity index (χ0n) is 13.5. The van der Waals surface area contributed by atoms with Crippen molar-refractivity contribution in [3.8, 4) is 0 Å².